The Labute approximate surface area is 279 Å². The third kappa shape index (κ3) is 7.35. The molecule has 0 radical (unpaired) electrons. The van der Waals surface area contributed by atoms with Crippen molar-refractivity contribution in [3.05, 3.63) is 47.1 Å². The highest BCUT2D eigenvalue weighted by Crippen LogP contribution is 2.45. The number of aromatic nitrogens is 1. The molecule has 0 unspecified atom stereocenters. The van der Waals surface area contributed by atoms with Crippen molar-refractivity contribution in [2.45, 2.75) is 114 Å². The summed E-state index contributed by atoms with van der Waals surface area (Å²) in [6.07, 6.45) is 10.3. The number of benzene rings is 1. The smallest absolute Gasteiger partial charge is 0.407 e. The van der Waals surface area contributed by atoms with Crippen LogP contribution in [0.5, 0.6) is 5.75 Å². The van der Waals surface area contributed by atoms with E-state index in [1.54, 1.807) is 6.07 Å². The van der Waals surface area contributed by atoms with Gasteiger partial charge in [0.2, 0.25) is 11.8 Å². The molecular formula is C35H43ClN4O7. The molecular weight excluding hydrogens is 624 g/mol. The van der Waals surface area contributed by atoms with Gasteiger partial charge in [0.1, 0.15) is 29.5 Å². The van der Waals surface area contributed by atoms with Crippen LogP contribution < -0.4 is 15.4 Å². The number of alkyl carbamates (subject to hydrolysis) is 1. The van der Waals surface area contributed by atoms with Gasteiger partial charge in [0, 0.05) is 41.9 Å². The van der Waals surface area contributed by atoms with Crippen molar-refractivity contribution in [3.63, 3.8) is 0 Å². The number of hydrogen-bond donors (Lipinski definition) is 3. The Balaban J connectivity index is 1.26. The van der Waals surface area contributed by atoms with Gasteiger partial charge in [0.25, 0.3) is 0 Å². The molecule has 5 atom stereocenters. The van der Waals surface area contributed by atoms with E-state index in [1.807, 2.05) is 37.3 Å². The van der Waals surface area contributed by atoms with E-state index in [0.29, 0.717) is 35.6 Å². The number of pyridine rings is 1. The van der Waals surface area contributed by atoms with E-state index in [2.05, 4.69) is 15.6 Å². The molecule has 4 aliphatic rings. The van der Waals surface area contributed by atoms with Crippen LogP contribution >= 0.6 is 11.6 Å². The first-order valence-electron chi connectivity index (χ1n) is 16.9. The SMILES string of the molecule is CCc1cc(O[C@@H]2C[C@H]3C(=O)N[C@]4(C(=O)O)C[C@@H]4/C=C\CCCC[C@H](NC(=O)OC4CCCC4)CC(=O)N3C2)c2cccc(Cl)c2n1. The van der Waals surface area contributed by atoms with Gasteiger partial charge in [0.15, 0.2) is 0 Å². The fourth-order valence-electron chi connectivity index (χ4n) is 7.19. The Kier molecular flexibility index (Phi) is 9.91. The Morgan fingerprint density at radius 2 is 1.94 bits per heavy atom. The number of carbonyl (C=O) groups is 4. The maximum absolute atomic E-state index is 14.0. The lowest BCUT2D eigenvalue weighted by Crippen LogP contribution is -2.53. The average Bonchev–Trinajstić information content (AvgIpc) is 3.32. The lowest BCUT2D eigenvalue weighted by molar-refractivity contribution is -0.145. The molecule has 2 aliphatic heterocycles. The Hall–Kier alpha value is -3.86. The van der Waals surface area contributed by atoms with Gasteiger partial charge >= 0.3 is 12.1 Å². The first kappa shape index (κ1) is 33.1. The van der Waals surface area contributed by atoms with Crippen LogP contribution in [0.1, 0.15) is 83.2 Å². The molecule has 6 rings (SSSR count). The van der Waals surface area contributed by atoms with Crippen molar-refractivity contribution in [2.24, 2.45) is 5.92 Å². The predicted molar refractivity (Wildman–Crippen MR) is 175 cm³/mol. The maximum atomic E-state index is 14.0. The molecule has 0 spiro atoms. The van der Waals surface area contributed by atoms with Crippen LogP contribution in [0.3, 0.4) is 0 Å². The number of halogens is 1. The number of fused-ring (bicyclic) bond motifs is 3. The molecule has 2 aliphatic carbocycles. The summed E-state index contributed by atoms with van der Waals surface area (Å²) in [6, 6.07) is 5.87. The first-order chi connectivity index (χ1) is 22.7. The molecule has 3 amide bonds. The molecule has 252 valence electrons. The molecule has 2 aromatic rings. The quantitative estimate of drug-likeness (QED) is 0.351. The zero-order chi connectivity index (χ0) is 33.1. The third-order valence-corrected chi connectivity index (χ3v) is 10.3. The fraction of sp³-hybridized carbons (Fsp3) is 0.571. The average molecular weight is 667 g/mol. The van der Waals surface area contributed by atoms with Gasteiger partial charge in [-0.1, -0.05) is 43.2 Å². The van der Waals surface area contributed by atoms with E-state index < -0.39 is 41.7 Å². The van der Waals surface area contributed by atoms with Crippen LogP contribution in [-0.4, -0.2) is 75.2 Å². The molecule has 3 N–H and O–H groups in total. The monoisotopic (exact) mass is 666 g/mol. The Morgan fingerprint density at radius 3 is 2.70 bits per heavy atom. The number of ether oxygens (including phenoxy) is 2. The molecule has 47 heavy (non-hydrogen) atoms. The van der Waals surface area contributed by atoms with Gasteiger partial charge in [-0.05, 0) is 69.9 Å². The fourth-order valence-corrected chi connectivity index (χ4v) is 7.41. The van der Waals surface area contributed by atoms with E-state index in [9.17, 15) is 24.3 Å². The van der Waals surface area contributed by atoms with E-state index in [1.165, 1.54) is 4.90 Å². The molecule has 1 aromatic carbocycles. The van der Waals surface area contributed by atoms with E-state index in [0.717, 1.165) is 56.0 Å². The van der Waals surface area contributed by atoms with Crippen molar-refractivity contribution in [2.75, 3.05) is 6.54 Å². The topological polar surface area (TPSA) is 147 Å². The minimum atomic E-state index is -1.40. The van der Waals surface area contributed by atoms with Gasteiger partial charge in [-0.25, -0.2) is 9.59 Å². The summed E-state index contributed by atoms with van der Waals surface area (Å²) >= 11 is 6.48. The number of rotatable bonds is 6. The van der Waals surface area contributed by atoms with E-state index in [-0.39, 0.29) is 37.3 Å². The lowest BCUT2D eigenvalue weighted by atomic mass is 10.0. The minimum Gasteiger partial charge on any atom is -0.488 e. The maximum Gasteiger partial charge on any atom is 0.407 e. The van der Waals surface area contributed by atoms with Crippen LogP contribution in [0.4, 0.5) is 4.79 Å². The van der Waals surface area contributed by atoms with E-state index >= 15 is 0 Å². The molecule has 3 heterocycles. The van der Waals surface area contributed by atoms with E-state index in [4.69, 9.17) is 21.1 Å². The molecule has 2 saturated carbocycles. The van der Waals surface area contributed by atoms with Crippen LogP contribution in [-0.2, 0) is 25.5 Å². The van der Waals surface area contributed by atoms with Gasteiger partial charge in [-0.3, -0.25) is 14.6 Å². The summed E-state index contributed by atoms with van der Waals surface area (Å²) in [4.78, 5) is 59.2. The second-order valence-electron chi connectivity index (χ2n) is 13.3. The van der Waals surface area contributed by atoms with Gasteiger partial charge in [-0.2, -0.15) is 0 Å². The summed E-state index contributed by atoms with van der Waals surface area (Å²) in [5.41, 5.74) is 0.000519. The van der Waals surface area contributed by atoms with Crippen LogP contribution in [0.2, 0.25) is 5.02 Å². The number of carbonyl (C=O) groups excluding carboxylic acids is 3. The number of carboxylic acid groups (broad SMARTS) is 1. The summed E-state index contributed by atoms with van der Waals surface area (Å²) in [5, 5.41) is 17.1. The standard InChI is InChI=1S/C35H43ClN4O7/c1-2-22-16-29(26-14-9-15-27(36)31(26)37-22)46-25-18-28-32(42)39-35(33(43)44)19-21(35)10-5-3-4-6-11-23(17-30(41)40(28)20-25)38-34(45)47-24-12-7-8-13-24/h5,9-10,14-16,21,23-25,28H,2-4,6-8,11-13,17-20H2,1H3,(H,38,45)(H,39,42)(H,43,44)/b10-5-/t21-,23-,25+,28-,35+/m0/s1. The van der Waals surface area contributed by atoms with Crippen LogP contribution in [0.25, 0.3) is 10.9 Å². The molecule has 3 fully saturated rings. The molecule has 0 bridgehead atoms. The lowest BCUT2D eigenvalue weighted by Gasteiger charge is -2.27. The number of para-hydroxylation sites is 1. The van der Waals surface area contributed by atoms with Crippen molar-refractivity contribution in [1.82, 2.24) is 20.5 Å². The van der Waals surface area contributed by atoms with Crippen LogP contribution in [0, 0.1) is 5.92 Å². The second kappa shape index (κ2) is 14.1. The highest BCUT2D eigenvalue weighted by Gasteiger charge is 2.61. The first-order valence-corrected chi connectivity index (χ1v) is 17.3. The minimum absolute atomic E-state index is 0.0212. The number of nitrogens with one attached hydrogen (secondary N) is 2. The number of aliphatic carboxylic acids is 1. The number of hydrogen-bond acceptors (Lipinski definition) is 7. The largest absolute Gasteiger partial charge is 0.488 e. The van der Waals surface area contributed by atoms with Crippen molar-refractivity contribution < 1.29 is 33.8 Å². The summed E-state index contributed by atoms with van der Waals surface area (Å²) < 4.78 is 12.1. The molecule has 1 saturated heterocycles. The molecule has 1 aromatic heterocycles. The van der Waals surface area contributed by atoms with Crippen LogP contribution in [0.15, 0.2) is 36.4 Å². The zero-order valence-electron chi connectivity index (χ0n) is 26.7. The number of nitrogens with zero attached hydrogens (tertiary/aromatic N) is 2. The van der Waals surface area contributed by atoms with Crippen molar-refractivity contribution >= 4 is 46.4 Å². The second-order valence-corrected chi connectivity index (χ2v) is 13.7. The summed E-state index contributed by atoms with van der Waals surface area (Å²) in [6.45, 7) is 2.10. The molecule has 11 nitrogen and oxygen atoms in total. The summed E-state index contributed by atoms with van der Waals surface area (Å²) in [5.74, 6) is -1.71. The predicted octanol–water partition coefficient (Wildman–Crippen LogP) is 5.32. The Morgan fingerprint density at radius 1 is 1.15 bits per heavy atom. The number of carboxylic acids is 1. The molecule has 12 heteroatoms. The zero-order valence-corrected chi connectivity index (χ0v) is 27.5. The van der Waals surface area contributed by atoms with Crippen molar-refractivity contribution in [3.8, 4) is 5.75 Å². The van der Waals surface area contributed by atoms with Gasteiger partial charge in [-0.15, -0.1) is 0 Å². The Bertz CT molecular complexity index is 1560. The number of amides is 3. The summed E-state index contributed by atoms with van der Waals surface area (Å²) in [7, 11) is 0. The number of aryl methyl sites for hydroxylation is 1. The third-order valence-electron chi connectivity index (χ3n) is 9.95. The number of allylic oxidation sites excluding steroid dienone is 1. The highest BCUT2D eigenvalue weighted by atomic mass is 35.5. The van der Waals surface area contributed by atoms with Gasteiger partial charge in [0.05, 0.1) is 17.1 Å². The normalized spacial score (nSPS) is 29.2. The van der Waals surface area contributed by atoms with Gasteiger partial charge < -0.3 is 30.1 Å². The van der Waals surface area contributed by atoms with Crippen molar-refractivity contribution in [1.29, 1.82) is 0 Å². The highest BCUT2D eigenvalue weighted by molar-refractivity contribution is 6.35.